The molecule has 23 heavy (non-hydrogen) atoms. The van der Waals surface area contributed by atoms with Crippen LogP contribution in [0, 0.1) is 0 Å². The maximum atomic E-state index is 12.3. The first-order valence-corrected chi connectivity index (χ1v) is 7.55. The second-order valence-corrected chi connectivity index (χ2v) is 5.55. The molecule has 0 radical (unpaired) electrons. The van der Waals surface area contributed by atoms with Crippen LogP contribution >= 0.6 is 11.8 Å². The number of ketones is 1. The van der Waals surface area contributed by atoms with Crippen molar-refractivity contribution < 1.29 is 13.6 Å². The number of nitrogens with zero attached hydrogens (tertiary/aromatic N) is 4. The highest BCUT2D eigenvalue weighted by Gasteiger charge is 2.16. The van der Waals surface area contributed by atoms with Crippen LogP contribution in [0.2, 0.25) is 0 Å². The molecule has 4 rings (SSSR count). The molecule has 3 heterocycles. The molecule has 0 fully saturated rings. The summed E-state index contributed by atoms with van der Waals surface area (Å²) in [5, 5.41) is 12.3. The van der Waals surface area contributed by atoms with Gasteiger partial charge >= 0.3 is 11.5 Å². The number of rotatable bonds is 4. The minimum Gasteiger partial charge on any atom is -0.422 e. The zero-order valence-electron chi connectivity index (χ0n) is 11.5. The molecule has 0 unspecified atom stereocenters. The largest absolute Gasteiger partial charge is 0.422 e. The average molecular weight is 328 g/mol. The molecule has 1 aromatic carbocycles. The predicted molar refractivity (Wildman–Crippen MR) is 80.6 cm³/mol. The van der Waals surface area contributed by atoms with Crippen LogP contribution in [0.1, 0.15) is 10.4 Å². The van der Waals surface area contributed by atoms with E-state index < -0.39 is 5.63 Å². The summed E-state index contributed by atoms with van der Waals surface area (Å²) in [5.41, 5.74) is -0.196. The normalized spacial score (nSPS) is 11.3. The number of aromatic nitrogens is 4. The number of carbonyl (C=O) groups is 1. The van der Waals surface area contributed by atoms with Crippen molar-refractivity contribution >= 4 is 34.4 Å². The van der Waals surface area contributed by atoms with Crippen molar-refractivity contribution in [2.45, 2.75) is 5.22 Å². The Morgan fingerprint density at radius 1 is 1.26 bits per heavy atom. The third kappa shape index (κ3) is 2.50. The van der Waals surface area contributed by atoms with Crippen LogP contribution in [0.4, 0.5) is 0 Å². The second-order valence-electron chi connectivity index (χ2n) is 4.62. The molecule has 0 bridgehead atoms. The summed E-state index contributed by atoms with van der Waals surface area (Å²) >= 11 is 1.07. The minimum atomic E-state index is -0.652. The topological polar surface area (TPSA) is 104 Å². The van der Waals surface area contributed by atoms with Crippen molar-refractivity contribution in [1.29, 1.82) is 0 Å². The zero-order valence-corrected chi connectivity index (χ0v) is 12.3. The molecule has 0 saturated heterocycles. The van der Waals surface area contributed by atoms with E-state index in [2.05, 4.69) is 15.3 Å². The molecule has 114 valence electrons. The van der Waals surface area contributed by atoms with E-state index in [4.69, 9.17) is 8.83 Å². The van der Waals surface area contributed by atoms with Crippen LogP contribution < -0.4 is 5.63 Å². The highest BCUT2D eigenvalue weighted by Crippen LogP contribution is 2.19. The summed E-state index contributed by atoms with van der Waals surface area (Å²) in [6.45, 7) is 0. The van der Waals surface area contributed by atoms with E-state index in [0.717, 1.165) is 11.8 Å². The Morgan fingerprint density at radius 3 is 3.00 bits per heavy atom. The average Bonchev–Trinajstić information content (AvgIpc) is 3.13. The van der Waals surface area contributed by atoms with Gasteiger partial charge in [0.15, 0.2) is 5.78 Å². The quantitative estimate of drug-likeness (QED) is 0.317. The summed E-state index contributed by atoms with van der Waals surface area (Å²) in [5.74, 6) is -0.117. The predicted octanol–water partition coefficient (Wildman–Crippen LogP) is 1.80. The molecular weight excluding hydrogens is 320 g/mol. The molecule has 0 saturated carbocycles. The monoisotopic (exact) mass is 328 g/mol. The molecule has 0 spiro atoms. The Labute approximate surface area is 132 Å². The second kappa shape index (κ2) is 5.36. The van der Waals surface area contributed by atoms with Gasteiger partial charge in [0.2, 0.25) is 0 Å². The number of carbonyl (C=O) groups excluding carboxylic acids is 1. The third-order valence-corrected chi connectivity index (χ3v) is 3.96. The lowest BCUT2D eigenvalue weighted by Gasteiger charge is -2.00. The van der Waals surface area contributed by atoms with Gasteiger partial charge in [0.05, 0.1) is 5.75 Å². The zero-order chi connectivity index (χ0) is 15.8. The van der Waals surface area contributed by atoms with Crippen LogP contribution in [-0.4, -0.2) is 31.3 Å². The van der Waals surface area contributed by atoms with Gasteiger partial charge in [-0.25, -0.2) is 4.79 Å². The summed E-state index contributed by atoms with van der Waals surface area (Å²) in [6, 6.07) is 8.56. The number of hydrogen-bond acceptors (Lipinski definition) is 8. The Hall–Kier alpha value is -2.94. The minimum absolute atomic E-state index is 0.000195. The maximum Gasteiger partial charge on any atom is 0.347 e. The van der Waals surface area contributed by atoms with E-state index in [0.29, 0.717) is 11.0 Å². The van der Waals surface area contributed by atoms with Crippen LogP contribution in [-0.2, 0) is 0 Å². The smallest absolute Gasteiger partial charge is 0.347 e. The van der Waals surface area contributed by atoms with Gasteiger partial charge in [-0.3, -0.25) is 4.79 Å². The van der Waals surface area contributed by atoms with E-state index in [-0.39, 0.29) is 28.2 Å². The Kier molecular flexibility index (Phi) is 3.19. The maximum absolute atomic E-state index is 12.3. The summed E-state index contributed by atoms with van der Waals surface area (Å²) in [7, 11) is 0. The van der Waals surface area contributed by atoms with Gasteiger partial charge in [-0.1, -0.05) is 35.1 Å². The van der Waals surface area contributed by atoms with Crippen LogP contribution in [0.5, 0.6) is 0 Å². The van der Waals surface area contributed by atoms with E-state index in [9.17, 15) is 9.59 Å². The van der Waals surface area contributed by atoms with E-state index in [1.165, 1.54) is 16.9 Å². The molecule has 3 aromatic heterocycles. The van der Waals surface area contributed by atoms with Crippen LogP contribution in [0.3, 0.4) is 0 Å². The SMILES string of the molecule is O=C(CSc1nn2cnnc2o1)c1cc2ccccc2oc1=O. The molecular formula is C14H8N4O4S. The Morgan fingerprint density at radius 2 is 2.13 bits per heavy atom. The van der Waals surface area contributed by atoms with Crippen LogP contribution in [0.25, 0.3) is 16.8 Å². The fraction of sp³-hybridized carbons (Fsp3) is 0.0714. The van der Waals surface area contributed by atoms with Crippen molar-refractivity contribution in [2.75, 3.05) is 5.75 Å². The lowest BCUT2D eigenvalue weighted by Crippen LogP contribution is -2.15. The number of fused-ring (bicyclic) bond motifs is 2. The number of Topliss-reactive ketones (excluding diaryl/α,β-unsaturated/α-hetero) is 1. The third-order valence-electron chi connectivity index (χ3n) is 3.14. The van der Waals surface area contributed by atoms with Gasteiger partial charge in [0.1, 0.15) is 17.5 Å². The van der Waals surface area contributed by atoms with Gasteiger partial charge in [-0.2, -0.15) is 4.52 Å². The number of para-hydroxylation sites is 1. The van der Waals surface area contributed by atoms with Crippen molar-refractivity contribution in [3.8, 4) is 0 Å². The van der Waals surface area contributed by atoms with Gasteiger partial charge in [0, 0.05) is 5.39 Å². The molecule has 0 aliphatic carbocycles. The lowest BCUT2D eigenvalue weighted by molar-refractivity contribution is 0.101. The van der Waals surface area contributed by atoms with Gasteiger partial charge < -0.3 is 8.83 Å². The fourth-order valence-electron chi connectivity index (χ4n) is 2.06. The standard InChI is InChI=1S/C14H8N4O4S/c19-10(6-23-14-17-18-7-15-16-13(18)22-14)9-5-8-3-1-2-4-11(8)21-12(9)20/h1-5,7H,6H2. The fourth-order valence-corrected chi connectivity index (χ4v) is 2.75. The molecule has 4 aromatic rings. The van der Waals surface area contributed by atoms with E-state index >= 15 is 0 Å². The number of thioether (sulfide) groups is 1. The van der Waals surface area contributed by atoms with Crippen LogP contribution in [0.15, 0.2) is 55.5 Å². The van der Waals surface area contributed by atoms with Crippen molar-refractivity contribution in [3.05, 3.63) is 52.6 Å². The van der Waals surface area contributed by atoms with Gasteiger partial charge in [0.25, 0.3) is 5.22 Å². The Balaban J connectivity index is 1.57. The van der Waals surface area contributed by atoms with Gasteiger partial charge in [-0.15, -0.1) is 10.2 Å². The first kappa shape index (κ1) is 13.7. The molecule has 0 aliphatic rings. The molecule has 0 N–H and O–H groups in total. The molecule has 0 atom stereocenters. The lowest BCUT2D eigenvalue weighted by atomic mass is 10.1. The summed E-state index contributed by atoms with van der Waals surface area (Å²) in [6.07, 6.45) is 1.39. The van der Waals surface area contributed by atoms with E-state index in [1.54, 1.807) is 18.2 Å². The number of benzene rings is 1. The van der Waals surface area contributed by atoms with Gasteiger partial charge in [-0.05, 0) is 12.1 Å². The van der Waals surface area contributed by atoms with Crippen molar-refractivity contribution in [2.24, 2.45) is 0 Å². The molecule has 0 aliphatic heterocycles. The highest BCUT2D eigenvalue weighted by atomic mass is 32.2. The first-order valence-electron chi connectivity index (χ1n) is 6.56. The highest BCUT2D eigenvalue weighted by molar-refractivity contribution is 7.99. The first-order chi connectivity index (χ1) is 11.2. The van der Waals surface area contributed by atoms with Crippen molar-refractivity contribution in [1.82, 2.24) is 19.8 Å². The van der Waals surface area contributed by atoms with Crippen molar-refractivity contribution in [3.63, 3.8) is 0 Å². The van der Waals surface area contributed by atoms with E-state index in [1.807, 2.05) is 6.07 Å². The number of hydrogen-bond donors (Lipinski definition) is 0. The summed E-state index contributed by atoms with van der Waals surface area (Å²) < 4.78 is 11.8. The molecule has 9 heteroatoms. The summed E-state index contributed by atoms with van der Waals surface area (Å²) in [4.78, 5) is 24.2. The molecule has 0 amide bonds. The molecule has 8 nitrogen and oxygen atoms in total. The Bertz CT molecular complexity index is 1050.